The van der Waals surface area contributed by atoms with Crippen LogP contribution in [0.15, 0.2) is 72.9 Å². The Hall–Kier alpha value is -2.85. The summed E-state index contributed by atoms with van der Waals surface area (Å²) in [7, 11) is 4.21. The van der Waals surface area contributed by atoms with Gasteiger partial charge in [-0.25, -0.2) is 4.98 Å². The topological polar surface area (TPSA) is 45.4 Å². The van der Waals surface area contributed by atoms with Gasteiger partial charge in [0.15, 0.2) is 0 Å². The molecule has 0 spiro atoms. The van der Waals surface area contributed by atoms with Crippen molar-refractivity contribution in [3.05, 3.63) is 84.1 Å². The zero-order valence-corrected chi connectivity index (χ0v) is 16.2. The molecule has 0 fully saturated rings. The summed E-state index contributed by atoms with van der Waals surface area (Å²) >= 11 is 0. The first-order valence-electron chi connectivity index (χ1n) is 9.40. The van der Waals surface area contributed by atoms with Crippen LogP contribution in [0.1, 0.15) is 17.5 Å². The summed E-state index contributed by atoms with van der Waals surface area (Å²) < 4.78 is 0. The number of nitrogens with two attached hydrogens (primary N) is 1. The van der Waals surface area contributed by atoms with Gasteiger partial charge in [-0.05, 0) is 62.8 Å². The molecule has 2 aromatic carbocycles. The van der Waals surface area contributed by atoms with Crippen molar-refractivity contribution < 1.29 is 0 Å². The van der Waals surface area contributed by atoms with Crippen LogP contribution in [-0.4, -0.2) is 37.1 Å². The summed E-state index contributed by atoms with van der Waals surface area (Å²) in [6.07, 6.45) is 3.68. The van der Waals surface area contributed by atoms with E-state index in [0.29, 0.717) is 5.82 Å². The highest BCUT2D eigenvalue weighted by Crippen LogP contribution is 2.32. The number of hydrogen-bond donors (Lipinski definition) is 1. The number of para-hydroxylation sites is 1. The fraction of sp³-hybridized carbons (Fsp3) is 0.261. The predicted molar refractivity (Wildman–Crippen MR) is 115 cm³/mol. The van der Waals surface area contributed by atoms with Crippen molar-refractivity contribution in [2.24, 2.45) is 0 Å². The third kappa shape index (κ3) is 5.08. The molecule has 1 heterocycles. The molecule has 0 aliphatic heterocycles. The van der Waals surface area contributed by atoms with Gasteiger partial charge in [0.25, 0.3) is 0 Å². The number of benzene rings is 2. The molecule has 4 heteroatoms. The van der Waals surface area contributed by atoms with Crippen molar-refractivity contribution in [3.63, 3.8) is 0 Å². The quantitative estimate of drug-likeness (QED) is 0.649. The first-order chi connectivity index (χ1) is 13.1. The van der Waals surface area contributed by atoms with Crippen LogP contribution in [0.5, 0.6) is 0 Å². The molecule has 140 valence electrons. The van der Waals surface area contributed by atoms with E-state index in [1.165, 1.54) is 16.8 Å². The molecule has 0 aliphatic carbocycles. The minimum absolute atomic E-state index is 0.567. The summed E-state index contributed by atoms with van der Waals surface area (Å²) in [5.74, 6) is 0.567. The molecule has 0 saturated heterocycles. The summed E-state index contributed by atoms with van der Waals surface area (Å²) in [5, 5.41) is 0. The van der Waals surface area contributed by atoms with Crippen molar-refractivity contribution in [2.45, 2.75) is 12.8 Å². The lowest BCUT2D eigenvalue weighted by atomic mass is 10.0. The van der Waals surface area contributed by atoms with Gasteiger partial charge in [0.1, 0.15) is 5.82 Å². The van der Waals surface area contributed by atoms with E-state index in [0.717, 1.165) is 31.6 Å². The van der Waals surface area contributed by atoms with Crippen LogP contribution in [0.4, 0.5) is 17.2 Å². The third-order valence-corrected chi connectivity index (χ3v) is 4.61. The molecular weight excluding hydrogens is 332 g/mol. The molecule has 4 nitrogen and oxygen atoms in total. The molecule has 0 bridgehead atoms. The lowest BCUT2D eigenvalue weighted by Gasteiger charge is -2.28. The van der Waals surface area contributed by atoms with Crippen molar-refractivity contribution >= 4 is 17.2 Å². The Morgan fingerprint density at radius 3 is 2.26 bits per heavy atom. The maximum Gasteiger partial charge on any atom is 0.147 e. The fourth-order valence-electron chi connectivity index (χ4n) is 3.29. The van der Waals surface area contributed by atoms with Gasteiger partial charge in [0.05, 0.1) is 5.69 Å². The van der Waals surface area contributed by atoms with Crippen LogP contribution in [0, 0.1) is 0 Å². The smallest absolute Gasteiger partial charge is 0.147 e. The normalized spacial score (nSPS) is 10.9. The Balaban J connectivity index is 1.95. The van der Waals surface area contributed by atoms with Gasteiger partial charge < -0.3 is 15.5 Å². The maximum atomic E-state index is 6.23. The molecule has 0 radical (unpaired) electrons. The van der Waals surface area contributed by atoms with Crippen LogP contribution >= 0.6 is 0 Å². The summed E-state index contributed by atoms with van der Waals surface area (Å²) in [6, 6.07) is 23.2. The van der Waals surface area contributed by atoms with E-state index in [1.54, 1.807) is 6.20 Å². The highest BCUT2D eigenvalue weighted by molar-refractivity contribution is 5.74. The molecule has 1 aromatic heterocycles. The summed E-state index contributed by atoms with van der Waals surface area (Å²) in [5.41, 5.74) is 11.0. The van der Waals surface area contributed by atoms with Gasteiger partial charge >= 0.3 is 0 Å². The second-order valence-electron chi connectivity index (χ2n) is 7.01. The summed E-state index contributed by atoms with van der Waals surface area (Å²) in [6.45, 7) is 1.91. The zero-order chi connectivity index (χ0) is 19.1. The van der Waals surface area contributed by atoms with Gasteiger partial charge in [-0.3, -0.25) is 0 Å². The molecule has 0 unspecified atom stereocenters. The van der Waals surface area contributed by atoms with Crippen LogP contribution < -0.4 is 10.6 Å². The maximum absolute atomic E-state index is 6.23. The second kappa shape index (κ2) is 9.19. The molecule has 0 aliphatic rings. The first-order valence-corrected chi connectivity index (χ1v) is 9.40. The highest BCUT2D eigenvalue weighted by Gasteiger charge is 2.16. The minimum atomic E-state index is 0.567. The van der Waals surface area contributed by atoms with Gasteiger partial charge in [0.2, 0.25) is 0 Å². The standard InChI is InChI=1S/C23H28N4/c1-26(2)16-9-17-27(22-14-8-15-25-23(22)24)21-13-7-6-12-20(21)18-19-10-4-3-5-11-19/h3-8,10-15H,9,16-18H2,1-2H3,(H2,24,25). The Morgan fingerprint density at radius 1 is 0.815 bits per heavy atom. The van der Waals surface area contributed by atoms with Crippen molar-refractivity contribution in [2.75, 3.05) is 37.8 Å². The molecule has 3 rings (SSSR count). The Labute approximate surface area is 162 Å². The zero-order valence-electron chi connectivity index (χ0n) is 16.2. The van der Waals surface area contributed by atoms with E-state index in [9.17, 15) is 0 Å². The number of rotatable bonds is 8. The van der Waals surface area contributed by atoms with Crippen LogP contribution in [0.3, 0.4) is 0 Å². The third-order valence-electron chi connectivity index (χ3n) is 4.61. The Kier molecular flexibility index (Phi) is 6.44. The molecule has 0 saturated carbocycles. The predicted octanol–water partition coefficient (Wildman–Crippen LogP) is 4.34. The van der Waals surface area contributed by atoms with Crippen LogP contribution in [0.25, 0.3) is 0 Å². The monoisotopic (exact) mass is 360 g/mol. The van der Waals surface area contributed by atoms with E-state index >= 15 is 0 Å². The van der Waals surface area contributed by atoms with E-state index in [2.05, 4.69) is 89.5 Å². The van der Waals surface area contributed by atoms with Gasteiger partial charge in [-0.15, -0.1) is 0 Å². The Morgan fingerprint density at radius 2 is 1.52 bits per heavy atom. The van der Waals surface area contributed by atoms with E-state index < -0.39 is 0 Å². The largest absolute Gasteiger partial charge is 0.382 e. The van der Waals surface area contributed by atoms with E-state index in [-0.39, 0.29) is 0 Å². The van der Waals surface area contributed by atoms with E-state index in [4.69, 9.17) is 5.73 Å². The molecule has 3 aromatic rings. The second-order valence-corrected chi connectivity index (χ2v) is 7.01. The average Bonchev–Trinajstić information content (AvgIpc) is 2.67. The molecule has 0 amide bonds. The van der Waals surface area contributed by atoms with Gasteiger partial charge in [0, 0.05) is 18.4 Å². The van der Waals surface area contributed by atoms with E-state index in [1.807, 2.05) is 6.07 Å². The van der Waals surface area contributed by atoms with Gasteiger partial charge in [-0.2, -0.15) is 0 Å². The number of anilines is 3. The lowest BCUT2D eigenvalue weighted by molar-refractivity contribution is 0.402. The number of nitrogens with zero attached hydrogens (tertiary/aromatic N) is 3. The molecule has 0 atom stereocenters. The number of pyridine rings is 1. The first kappa shape index (κ1) is 18.9. The lowest BCUT2D eigenvalue weighted by Crippen LogP contribution is -2.25. The highest BCUT2D eigenvalue weighted by atomic mass is 15.2. The SMILES string of the molecule is CN(C)CCCN(c1ccccc1Cc1ccccc1)c1cccnc1N. The van der Waals surface area contributed by atoms with Crippen molar-refractivity contribution in [1.29, 1.82) is 0 Å². The Bertz CT molecular complexity index is 846. The van der Waals surface area contributed by atoms with Crippen molar-refractivity contribution in [1.82, 2.24) is 9.88 Å². The number of nitrogen functional groups attached to an aromatic ring is 1. The van der Waals surface area contributed by atoms with Crippen LogP contribution in [-0.2, 0) is 6.42 Å². The van der Waals surface area contributed by atoms with Crippen molar-refractivity contribution in [3.8, 4) is 0 Å². The molecular formula is C23H28N4. The van der Waals surface area contributed by atoms with Gasteiger partial charge in [-0.1, -0.05) is 48.5 Å². The molecule has 27 heavy (non-hydrogen) atoms. The minimum Gasteiger partial charge on any atom is -0.382 e. The average molecular weight is 361 g/mol. The number of hydrogen-bond acceptors (Lipinski definition) is 4. The van der Waals surface area contributed by atoms with Crippen LogP contribution in [0.2, 0.25) is 0 Å². The number of aromatic nitrogens is 1. The fourth-order valence-corrected chi connectivity index (χ4v) is 3.29. The molecule has 2 N–H and O–H groups in total. The summed E-state index contributed by atoms with van der Waals surface area (Å²) in [4.78, 5) is 8.83.